The molecule has 12 nitrogen and oxygen atoms in total. The van der Waals surface area contributed by atoms with Crippen molar-refractivity contribution in [1.82, 2.24) is 5.32 Å². The molecule has 1 heterocycles. The van der Waals surface area contributed by atoms with Gasteiger partial charge in [-0.15, -0.1) is 23.1 Å². The van der Waals surface area contributed by atoms with Gasteiger partial charge in [0, 0.05) is 11.3 Å². The molecular formula is C31H33N4O8PS3. The van der Waals surface area contributed by atoms with Gasteiger partial charge >= 0.3 is 19.7 Å². The lowest BCUT2D eigenvalue weighted by atomic mass is 9.98. The predicted octanol–water partition coefficient (Wildman–Crippen LogP) is 6.58. The normalized spacial score (nSPS) is 11.9. The second kappa shape index (κ2) is 14.0. The molecule has 0 spiro atoms. The van der Waals surface area contributed by atoms with Crippen LogP contribution < -0.4 is 21.3 Å². The van der Waals surface area contributed by atoms with Gasteiger partial charge in [0.15, 0.2) is 0 Å². The molecule has 0 unspecified atom stereocenters. The zero-order chi connectivity index (χ0) is 34.7. The summed E-state index contributed by atoms with van der Waals surface area (Å²) in [5, 5.41) is 15.7. The number of amidine groups is 1. The molecule has 0 fully saturated rings. The topological polar surface area (TPSA) is 195 Å². The number of hydrogen-bond donors (Lipinski definition) is 6. The van der Waals surface area contributed by atoms with E-state index in [0.29, 0.717) is 21.0 Å². The van der Waals surface area contributed by atoms with E-state index < -0.39 is 35.2 Å². The molecule has 248 valence electrons. The van der Waals surface area contributed by atoms with Crippen LogP contribution in [0.25, 0.3) is 11.1 Å². The van der Waals surface area contributed by atoms with Gasteiger partial charge in [0.1, 0.15) is 11.4 Å². The van der Waals surface area contributed by atoms with E-state index in [4.69, 9.17) is 10.1 Å². The van der Waals surface area contributed by atoms with Crippen LogP contribution in [0.3, 0.4) is 0 Å². The Kier molecular flexibility index (Phi) is 10.7. The van der Waals surface area contributed by atoms with E-state index in [9.17, 15) is 32.4 Å². The number of amides is 3. The molecule has 0 saturated carbocycles. The first-order chi connectivity index (χ1) is 21.9. The van der Waals surface area contributed by atoms with E-state index in [2.05, 4.69) is 16.0 Å². The maximum atomic E-state index is 14.0. The van der Waals surface area contributed by atoms with Crippen LogP contribution in [0.5, 0.6) is 0 Å². The van der Waals surface area contributed by atoms with Crippen LogP contribution in [-0.4, -0.2) is 48.0 Å². The van der Waals surface area contributed by atoms with Crippen molar-refractivity contribution in [1.29, 1.82) is 5.41 Å². The Labute approximate surface area is 280 Å². The van der Waals surface area contributed by atoms with Gasteiger partial charge < -0.3 is 25.2 Å². The second-order valence-corrected chi connectivity index (χ2v) is 16.8. The van der Waals surface area contributed by atoms with Crippen LogP contribution in [0.15, 0.2) is 86.8 Å². The Morgan fingerprint density at radius 1 is 0.979 bits per heavy atom. The maximum absolute atomic E-state index is 14.0. The molecule has 0 bridgehead atoms. The van der Waals surface area contributed by atoms with Crippen LogP contribution >= 0.6 is 30.7 Å². The van der Waals surface area contributed by atoms with E-state index >= 15 is 0 Å². The maximum Gasteiger partial charge on any atom is 0.413 e. The average Bonchev–Trinajstić information content (AvgIpc) is 3.42. The van der Waals surface area contributed by atoms with Gasteiger partial charge in [0.25, 0.3) is 0 Å². The molecule has 0 atom stereocenters. The smallest absolute Gasteiger partial charge is 0.413 e. The number of hydrogen-bond acceptors (Lipinski definition) is 9. The molecule has 3 aromatic carbocycles. The van der Waals surface area contributed by atoms with Crippen molar-refractivity contribution in [3.63, 3.8) is 0 Å². The number of nitrogens with one attached hydrogen (secondary N) is 4. The number of thioether (sulfide) groups is 1. The number of alkyl carbamates (subject to hydrolysis) is 1. The third kappa shape index (κ3) is 8.89. The summed E-state index contributed by atoms with van der Waals surface area (Å²) in [5.41, 5.74) is 1.56. The van der Waals surface area contributed by atoms with Crippen molar-refractivity contribution in [2.45, 2.75) is 47.3 Å². The number of ether oxygens (including phenoxy) is 1. The van der Waals surface area contributed by atoms with Gasteiger partial charge in [-0.2, -0.15) is 0 Å². The molecule has 0 aliphatic heterocycles. The van der Waals surface area contributed by atoms with E-state index in [0.717, 1.165) is 16.9 Å². The van der Waals surface area contributed by atoms with Crippen LogP contribution in [0.1, 0.15) is 31.2 Å². The third-order valence-corrected chi connectivity index (χ3v) is 11.7. The molecule has 47 heavy (non-hydrogen) atoms. The third-order valence-electron chi connectivity index (χ3n) is 6.41. The zero-order valence-electron chi connectivity index (χ0n) is 25.9. The highest BCUT2D eigenvalue weighted by molar-refractivity contribution is 8.01. The van der Waals surface area contributed by atoms with Crippen molar-refractivity contribution in [3.05, 3.63) is 83.2 Å². The van der Waals surface area contributed by atoms with Gasteiger partial charge in [-0.05, 0) is 87.5 Å². The lowest BCUT2D eigenvalue weighted by Gasteiger charge is -2.19. The average molecular weight is 717 g/mol. The summed E-state index contributed by atoms with van der Waals surface area (Å²) >= 11 is 2.26. The molecule has 6 N–H and O–H groups in total. The van der Waals surface area contributed by atoms with Gasteiger partial charge in [0.2, 0.25) is 9.84 Å². The Morgan fingerprint density at radius 2 is 1.66 bits per heavy atom. The van der Waals surface area contributed by atoms with Gasteiger partial charge in [-0.25, -0.2) is 18.0 Å². The number of rotatable bonds is 8. The molecule has 16 heteroatoms. The number of carbonyl (C=O) groups excluding carboxylic acids is 2. The highest BCUT2D eigenvalue weighted by atomic mass is 32.2. The van der Waals surface area contributed by atoms with E-state index in [1.165, 1.54) is 54.2 Å². The Morgan fingerprint density at radius 3 is 2.32 bits per heavy atom. The highest BCUT2D eigenvalue weighted by Gasteiger charge is 2.27. The second-order valence-electron chi connectivity index (χ2n) is 11.2. The summed E-state index contributed by atoms with van der Waals surface area (Å²) in [7, 11) is -8.63. The molecule has 0 radical (unpaired) electrons. The molecule has 0 saturated heterocycles. The van der Waals surface area contributed by atoms with Crippen LogP contribution in [0.4, 0.5) is 21.0 Å². The number of urea groups is 1. The Hall–Kier alpha value is -3.98. The fourth-order valence-electron chi connectivity index (χ4n) is 4.43. The van der Waals surface area contributed by atoms with Crippen molar-refractivity contribution >= 4 is 75.2 Å². The largest absolute Gasteiger partial charge is 0.444 e. The van der Waals surface area contributed by atoms with E-state index in [-0.39, 0.29) is 31.5 Å². The molecule has 0 aliphatic rings. The highest BCUT2D eigenvalue weighted by Crippen LogP contribution is 2.39. The fraction of sp³-hybridized carbons (Fsp3) is 0.194. The quantitative estimate of drug-likeness (QED) is 0.0506. The first-order valence-electron chi connectivity index (χ1n) is 13.8. The Bertz CT molecular complexity index is 2020. The van der Waals surface area contributed by atoms with Crippen LogP contribution in [-0.2, 0) is 19.1 Å². The molecule has 3 amide bonds. The molecular weight excluding hydrogens is 684 g/mol. The molecule has 1 aromatic heterocycles. The predicted molar refractivity (Wildman–Crippen MR) is 185 cm³/mol. The van der Waals surface area contributed by atoms with Gasteiger partial charge in [-0.3, -0.25) is 15.3 Å². The number of thiophene rings is 1. The van der Waals surface area contributed by atoms with E-state index in [1.54, 1.807) is 51.3 Å². The molecule has 4 aromatic rings. The first kappa shape index (κ1) is 35.9. The minimum atomic E-state index is -4.53. The summed E-state index contributed by atoms with van der Waals surface area (Å²) in [6, 6.07) is 17.4. The summed E-state index contributed by atoms with van der Waals surface area (Å²) < 4.78 is 45.2. The molecule has 4 rings (SSSR count). The first-order valence-corrected chi connectivity index (χ1v) is 19.0. The fourth-order valence-corrected chi connectivity index (χ4v) is 8.96. The summed E-state index contributed by atoms with van der Waals surface area (Å²) in [4.78, 5) is 44.3. The van der Waals surface area contributed by atoms with Crippen LogP contribution in [0.2, 0.25) is 0 Å². The van der Waals surface area contributed by atoms with E-state index in [1.807, 2.05) is 13.0 Å². The minimum Gasteiger partial charge on any atom is -0.444 e. The number of aryl methyl sites for hydroxylation is 1. The monoisotopic (exact) mass is 716 g/mol. The van der Waals surface area contributed by atoms with Gasteiger partial charge in [0.05, 0.1) is 29.9 Å². The number of anilines is 2. The van der Waals surface area contributed by atoms with Crippen molar-refractivity contribution < 1.29 is 37.1 Å². The lowest BCUT2D eigenvalue weighted by Crippen LogP contribution is -2.36. The summed E-state index contributed by atoms with van der Waals surface area (Å²) in [6.45, 7) is 6.87. The summed E-state index contributed by atoms with van der Waals surface area (Å²) in [6.07, 6.45) is 0.888. The standard InChI is InChI=1S/C31H33N4O8PS3/c1-18-9-6-14-23(34-29(36)33-20-11-8-12-21(16-20)44(38,39)40)26(18)19-10-7-13-22(15-19)47(41,42)25-17-24(46-28(25)45-5)27(32)35-30(37)43-31(2,3)4/h6-17H,1-5H3,(H2,32,35,37)(H2,33,34,36)(H2,38,39,40). The number of benzene rings is 3. The minimum absolute atomic E-state index is 0.0158. The van der Waals surface area contributed by atoms with Crippen molar-refractivity contribution in [2.24, 2.45) is 0 Å². The van der Waals surface area contributed by atoms with Crippen molar-refractivity contribution in [2.75, 3.05) is 16.9 Å². The SMILES string of the molecule is CSc1sc(C(=N)NC(=O)OC(C)(C)C)cc1S(=O)(=O)c1cccc(-c2c(C)cccc2NC(=O)Nc2cccc(P(=O)(O)O)c2)c1. The Balaban J connectivity index is 1.63. The molecule has 0 aliphatic carbocycles. The van der Waals surface area contributed by atoms with Crippen LogP contribution in [0, 0.1) is 12.3 Å². The number of carbonyl (C=O) groups is 2. The summed E-state index contributed by atoms with van der Waals surface area (Å²) in [5.74, 6) is -0.294. The number of sulfone groups is 1. The van der Waals surface area contributed by atoms with Gasteiger partial charge in [-0.1, -0.05) is 30.3 Å². The zero-order valence-corrected chi connectivity index (χ0v) is 29.3. The van der Waals surface area contributed by atoms with Crippen molar-refractivity contribution in [3.8, 4) is 11.1 Å². The lowest BCUT2D eigenvalue weighted by molar-refractivity contribution is 0.0563.